The first kappa shape index (κ1) is 21.1. The van der Waals surface area contributed by atoms with Gasteiger partial charge in [-0.1, -0.05) is 37.3 Å². The third kappa shape index (κ3) is 8.75. The van der Waals surface area contributed by atoms with Crippen molar-refractivity contribution >= 4 is 10.2 Å². The van der Waals surface area contributed by atoms with Crippen LogP contribution >= 0.6 is 0 Å². The molecular weight excluding hydrogens is 324 g/mol. The topological polar surface area (TPSA) is 64.7 Å². The number of hydrogen-bond acceptors (Lipinski definition) is 4. The van der Waals surface area contributed by atoms with Crippen LogP contribution in [-0.4, -0.2) is 64.4 Å². The Morgan fingerprint density at radius 1 is 1.00 bits per heavy atom. The molecule has 7 heteroatoms. The molecule has 0 aliphatic heterocycles. The maximum Gasteiger partial charge on any atom is 0.279 e. The maximum atomic E-state index is 12.1. The van der Waals surface area contributed by atoms with Gasteiger partial charge in [-0.3, -0.25) is 0 Å². The van der Waals surface area contributed by atoms with Gasteiger partial charge in [0.25, 0.3) is 10.2 Å². The summed E-state index contributed by atoms with van der Waals surface area (Å²) >= 11 is 0. The molecule has 0 aliphatic carbocycles. The molecule has 24 heavy (non-hydrogen) atoms. The Hall–Kier alpha value is -0.990. The number of nitrogens with one attached hydrogen (secondary N) is 2. The highest BCUT2D eigenvalue weighted by Gasteiger charge is 2.15. The van der Waals surface area contributed by atoms with Crippen molar-refractivity contribution in [1.29, 1.82) is 0 Å². The molecule has 1 aromatic carbocycles. The SMILES string of the molecule is CCNCCCN(C)S(=O)(=O)NCCCN(C)Cc1ccccc1. The Kier molecular flexibility index (Phi) is 10.1. The molecule has 0 heterocycles. The van der Waals surface area contributed by atoms with Crippen molar-refractivity contribution in [2.75, 3.05) is 46.8 Å². The fourth-order valence-electron chi connectivity index (χ4n) is 2.36. The Labute approximate surface area is 147 Å². The quantitative estimate of drug-likeness (QED) is 0.523. The second kappa shape index (κ2) is 11.5. The summed E-state index contributed by atoms with van der Waals surface area (Å²) in [4.78, 5) is 2.20. The van der Waals surface area contributed by atoms with Gasteiger partial charge in [0.05, 0.1) is 0 Å². The van der Waals surface area contributed by atoms with Gasteiger partial charge in [-0.2, -0.15) is 12.7 Å². The second-order valence-corrected chi connectivity index (χ2v) is 7.87. The first-order valence-electron chi connectivity index (χ1n) is 8.60. The molecule has 0 unspecified atom stereocenters. The molecule has 0 radical (unpaired) electrons. The first-order chi connectivity index (χ1) is 11.5. The standard InChI is InChI=1S/C17H32N4O2S/c1-4-18-12-8-15-21(3)24(22,23)19-13-9-14-20(2)16-17-10-6-5-7-11-17/h5-7,10-11,18-19H,4,8-9,12-16H2,1-3H3. The lowest BCUT2D eigenvalue weighted by atomic mass is 10.2. The van der Waals surface area contributed by atoms with E-state index in [4.69, 9.17) is 0 Å². The van der Waals surface area contributed by atoms with Crippen LogP contribution in [0.1, 0.15) is 25.3 Å². The van der Waals surface area contributed by atoms with E-state index < -0.39 is 10.2 Å². The predicted molar refractivity (Wildman–Crippen MR) is 100 cm³/mol. The highest BCUT2D eigenvalue weighted by atomic mass is 32.2. The molecule has 0 bridgehead atoms. The number of rotatable bonds is 13. The van der Waals surface area contributed by atoms with Crippen molar-refractivity contribution in [3.05, 3.63) is 35.9 Å². The maximum absolute atomic E-state index is 12.1. The minimum Gasteiger partial charge on any atom is -0.317 e. The van der Waals surface area contributed by atoms with Gasteiger partial charge in [0.15, 0.2) is 0 Å². The van der Waals surface area contributed by atoms with Crippen LogP contribution in [0.4, 0.5) is 0 Å². The molecular formula is C17H32N4O2S. The Morgan fingerprint density at radius 2 is 1.67 bits per heavy atom. The molecule has 0 saturated heterocycles. The van der Waals surface area contributed by atoms with Gasteiger partial charge in [-0.15, -0.1) is 0 Å². The van der Waals surface area contributed by atoms with Gasteiger partial charge in [-0.05, 0) is 45.1 Å². The highest BCUT2D eigenvalue weighted by molar-refractivity contribution is 7.87. The lowest BCUT2D eigenvalue weighted by molar-refractivity contribution is 0.322. The molecule has 0 amide bonds. The Bertz CT molecular complexity index is 537. The van der Waals surface area contributed by atoms with Crippen LogP contribution in [0.3, 0.4) is 0 Å². The largest absolute Gasteiger partial charge is 0.317 e. The van der Waals surface area contributed by atoms with Crippen LogP contribution in [0.5, 0.6) is 0 Å². The molecule has 1 rings (SSSR count). The van der Waals surface area contributed by atoms with E-state index in [2.05, 4.69) is 27.1 Å². The van der Waals surface area contributed by atoms with Crippen LogP contribution in [0.25, 0.3) is 0 Å². The van der Waals surface area contributed by atoms with Gasteiger partial charge in [0.1, 0.15) is 0 Å². The van der Waals surface area contributed by atoms with Gasteiger partial charge in [0, 0.05) is 26.7 Å². The van der Waals surface area contributed by atoms with E-state index in [-0.39, 0.29) is 0 Å². The molecule has 0 fully saturated rings. The number of hydrogen-bond donors (Lipinski definition) is 2. The monoisotopic (exact) mass is 356 g/mol. The van der Waals surface area contributed by atoms with Gasteiger partial charge < -0.3 is 10.2 Å². The molecule has 0 atom stereocenters. The summed E-state index contributed by atoms with van der Waals surface area (Å²) in [6.07, 6.45) is 1.60. The van der Waals surface area contributed by atoms with Crippen molar-refractivity contribution in [1.82, 2.24) is 19.2 Å². The van der Waals surface area contributed by atoms with E-state index >= 15 is 0 Å². The third-order valence-corrected chi connectivity index (χ3v) is 5.36. The zero-order chi connectivity index (χ0) is 17.8. The predicted octanol–water partition coefficient (Wildman–Crippen LogP) is 1.27. The van der Waals surface area contributed by atoms with Crippen LogP contribution < -0.4 is 10.0 Å². The number of nitrogens with zero attached hydrogens (tertiary/aromatic N) is 2. The van der Waals surface area contributed by atoms with E-state index in [1.165, 1.54) is 9.87 Å². The Morgan fingerprint density at radius 3 is 2.33 bits per heavy atom. The zero-order valence-corrected chi connectivity index (χ0v) is 16.0. The summed E-state index contributed by atoms with van der Waals surface area (Å²) in [6.45, 7) is 6.48. The Balaban J connectivity index is 2.20. The summed E-state index contributed by atoms with van der Waals surface area (Å²) < 4.78 is 28.3. The van der Waals surface area contributed by atoms with Crippen molar-refractivity contribution in [2.24, 2.45) is 0 Å². The van der Waals surface area contributed by atoms with E-state index in [0.717, 1.165) is 39.0 Å². The lowest BCUT2D eigenvalue weighted by Crippen LogP contribution is -2.40. The van der Waals surface area contributed by atoms with Crippen LogP contribution in [0.15, 0.2) is 30.3 Å². The first-order valence-corrected chi connectivity index (χ1v) is 10.0. The molecule has 0 saturated carbocycles. The zero-order valence-electron chi connectivity index (χ0n) is 15.2. The van der Waals surface area contributed by atoms with E-state index in [0.29, 0.717) is 13.1 Å². The van der Waals surface area contributed by atoms with Crippen molar-refractivity contribution in [3.8, 4) is 0 Å². The highest BCUT2D eigenvalue weighted by Crippen LogP contribution is 2.03. The fourth-order valence-corrected chi connectivity index (χ4v) is 3.35. The molecule has 6 nitrogen and oxygen atoms in total. The third-order valence-electron chi connectivity index (χ3n) is 3.78. The summed E-state index contributed by atoms with van der Waals surface area (Å²) in [6, 6.07) is 10.3. The van der Waals surface area contributed by atoms with Crippen molar-refractivity contribution < 1.29 is 8.42 Å². The summed E-state index contributed by atoms with van der Waals surface area (Å²) in [5, 5.41) is 3.19. The molecule has 2 N–H and O–H groups in total. The minimum absolute atomic E-state index is 0.457. The number of benzene rings is 1. The molecule has 0 spiro atoms. The fraction of sp³-hybridized carbons (Fsp3) is 0.647. The van der Waals surface area contributed by atoms with Crippen molar-refractivity contribution in [2.45, 2.75) is 26.3 Å². The lowest BCUT2D eigenvalue weighted by Gasteiger charge is -2.19. The molecule has 0 aromatic heterocycles. The molecule has 0 aliphatic rings. The normalized spacial score (nSPS) is 12.2. The summed E-state index contributed by atoms with van der Waals surface area (Å²) in [5.74, 6) is 0. The second-order valence-electron chi connectivity index (χ2n) is 6.00. The van der Waals surface area contributed by atoms with Crippen LogP contribution in [-0.2, 0) is 16.8 Å². The van der Waals surface area contributed by atoms with E-state index in [9.17, 15) is 8.42 Å². The van der Waals surface area contributed by atoms with Crippen molar-refractivity contribution in [3.63, 3.8) is 0 Å². The van der Waals surface area contributed by atoms with Gasteiger partial charge in [-0.25, -0.2) is 4.72 Å². The van der Waals surface area contributed by atoms with Gasteiger partial charge in [0.2, 0.25) is 0 Å². The van der Waals surface area contributed by atoms with Crippen LogP contribution in [0, 0.1) is 0 Å². The van der Waals surface area contributed by atoms with E-state index in [1.807, 2.05) is 32.2 Å². The van der Waals surface area contributed by atoms with Crippen LogP contribution in [0.2, 0.25) is 0 Å². The smallest absolute Gasteiger partial charge is 0.279 e. The summed E-state index contributed by atoms with van der Waals surface area (Å²) in [7, 11) is 0.304. The molecule has 1 aromatic rings. The minimum atomic E-state index is -3.37. The summed E-state index contributed by atoms with van der Waals surface area (Å²) in [5.41, 5.74) is 1.26. The average Bonchev–Trinajstić information content (AvgIpc) is 2.56. The average molecular weight is 357 g/mol. The van der Waals surface area contributed by atoms with Gasteiger partial charge >= 0.3 is 0 Å². The molecule has 138 valence electrons. The van der Waals surface area contributed by atoms with E-state index in [1.54, 1.807) is 7.05 Å².